The van der Waals surface area contributed by atoms with Crippen molar-refractivity contribution in [3.8, 4) is 0 Å². The lowest BCUT2D eigenvalue weighted by Gasteiger charge is -2.11. The summed E-state index contributed by atoms with van der Waals surface area (Å²) in [5, 5.41) is 14.5. The topological polar surface area (TPSA) is 106 Å². The highest BCUT2D eigenvalue weighted by Gasteiger charge is 2.34. The zero-order valence-electron chi connectivity index (χ0n) is 11.4. The molecule has 0 aromatic carbocycles. The van der Waals surface area contributed by atoms with Gasteiger partial charge < -0.3 is 0 Å². The van der Waals surface area contributed by atoms with Gasteiger partial charge in [0.2, 0.25) is 21.1 Å². The van der Waals surface area contributed by atoms with Crippen molar-refractivity contribution in [1.82, 2.24) is 10.2 Å². The van der Waals surface area contributed by atoms with E-state index in [-0.39, 0.29) is 24.0 Å². The number of primary sulfonamides is 1. The van der Waals surface area contributed by atoms with Crippen LogP contribution >= 0.6 is 11.3 Å². The summed E-state index contributed by atoms with van der Waals surface area (Å²) in [4.78, 5) is 13.4. The van der Waals surface area contributed by atoms with Gasteiger partial charge in [0.1, 0.15) is 5.01 Å². The van der Waals surface area contributed by atoms with Gasteiger partial charge >= 0.3 is 0 Å². The quantitative estimate of drug-likeness (QED) is 0.844. The van der Waals surface area contributed by atoms with Gasteiger partial charge in [0.25, 0.3) is 0 Å². The van der Waals surface area contributed by atoms with Crippen LogP contribution in [0.15, 0.2) is 0 Å². The Balaban J connectivity index is 2.06. The number of anilines is 1. The molecular weight excluding hydrogens is 300 g/mol. The molecule has 1 saturated heterocycles. The molecule has 1 aliphatic rings. The van der Waals surface area contributed by atoms with Crippen molar-refractivity contribution in [3.63, 3.8) is 0 Å². The van der Waals surface area contributed by atoms with Crippen LogP contribution in [0, 0.1) is 11.8 Å². The predicted octanol–water partition coefficient (Wildman–Crippen LogP) is 0.378. The highest BCUT2D eigenvalue weighted by molar-refractivity contribution is 7.89. The zero-order chi connectivity index (χ0) is 14.9. The van der Waals surface area contributed by atoms with E-state index in [9.17, 15) is 13.2 Å². The number of carbonyl (C=O) groups is 1. The molecule has 2 N–H and O–H groups in total. The summed E-state index contributed by atoms with van der Waals surface area (Å²) < 4.78 is 22.2. The highest BCUT2D eigenvalue weighted by Crippen LogP contribution is 2.29. The lowest BCUT2D eigenvalue weighted by atomic mass is 10.1. The van der Waals surface area contributed by atoms with E-state index >= 15 is 0 Å². The molecule has 112 valence electrons. The van der Waals surface area contributed by atoms with Crippen molar-refractivity contribution >= 4 is 32.4 Å². The Morgan fingerprint density at radius 2 is 2.15 bits per heavy atom. The summed E-state index contributed by atoms with van der Waals surface area (Å²) in [5.74, 6) is -0.0894. The summed E-state index contributed by atoms with van der Waals surface area (Å²) in [6.45, 7) is 4.51. The van der Waals surface area contributed by atoms with Crippen LogP contribution in [0.1, 0.15) is 25.3 Å². The van der Waals surface area contributed by atoms with Crippen molar-refractivity contribution < 1.29 is 13.2 Å². The first-order valence-electron chi connectivity index (χ1n) is 6.38. The fraction of sp³-hybridized carbons (Fsp3) is 0.727. The van der Waals surface area contributed by atoms with Crippen LogP contribution in [-0.4, -0.2) is 36.8 Å². The summed E-state index contributed by atoms with van der Waals surface area (Å²) in [6, 6.07) is 0. The van der Waals surface area contributed by atoms with Gasteiger partial charge in [0.05, 0.1) is 5.75 Å². The second-order valence-corrected chi connectivity index (χ2v) is 8.18. The third kappa shape index (κ3) is 3.97. The molecule has 0 radical (unpaired) electrons. The van der Waals surface area contributed by atoms with Gasteiger partial charge in [-0.25, -0.2) is 13.6 Å². The largest absolute Gasteiger partial charge is 0.286 e. The average Bonchev–Trinajstić information content (AvgIpc) is 2.82. The third-order valence-corrected chi connectivity index (χ3v) is 4.85. The Morgan fingerprint density at radius 1 is 1.45 bits per heavy atom. The molecule has 9 heteroatoms. The maximum atomic E-state index is 11.9. The summed E-state index contributed by atoms with van der Waals surface area (Å²) in [5.41, 5.74) is 0. The van der Waals surface area contributed by atoms with Gasteiger partial charge in [0.15, 0.2) is 0 Å². The van der Waals surface area contributed by atoms with E-state index in [0.717, 1.165) is 11.4 Å². The maximum Gasteiger partial charge on any atom is 0.229 e. The van der Waals surface area contributed by atoms with E-state index in [1.807, 2.05) is 0 Å². The Hall–Kier alpha value is -1.06. The number of amides is 1. The van der Waals surface area contributed by atoms with Gasteiger partial charge in [-0.15, -0.1) is 10.2 Å². The highest BCUT2D eigenvalue weighted by atomic mass is 32.2. The average molecular weight is 318 g/mol. The van der Waals surface area contributed by atoms with E-state index in [1.165, 1.54) is 16.2 Å². The molecule has 1 atom stereocenters. The van der Waals surface area contributed by atoms with Crippen molar-refractivity contribution in [1.29, 1.82) is 0 Å². The first kappa shape index (κ1) is 15.3. The number of hydrogen-bond acceptors (Lipinski definition) is 6. The number of nitrogens with two attached hydrogens (primary N) is 1. The standard InChI is InChI=1S/C11H18N4O3S2/c1-7(2)3-9-13-14-11(19-9)15-5-8(4-10(15)16)6-20(12,17)18/h7-8H,3-6H2,1-2H3,(H2,12,17,18). The Labute approximate surface area is 122 Å². The van der Waals surface area contributed by atoms with E-state index in [1.54, 1.807) is 0 Å². The minimum absolute atomic E-state index is 0.120. The number of aromatic nitrogens is 2. The Morgan fingerprint density at radius 3 is 2.75 bits per heavy atom. The fourth-order valence-electron chi connectivity index (χ4n) is 2.19. The van der Waals surface area contributed by atoms with Crippen molar-refractivity contribution in [2.24, 2.45) is 17.0 Å². The van der Waals surface area contributed by atoms with Crippen LogP contribution in [0.2, 0.25) is 0 Å². The summed E-state index contributed by atoms with van der Waals surface area (Å²) in [7, 11) is -3.56. The summed E-state index contributed by atoms with van der Waals surface area (Å²) in [6.07, 6.45) is 1.01. The fourth-order valence-corrected chi connectivity index (χ4v) is 4.15. The second kappa shape index (κ2) is 5.74. The molecular formula is C11H18N4O3S2. The van der Waals surface area contributed by atoms with Crippen molar-refractivity contribution in [3.05, 3.63) is 5.01 Å². The van der Waals surface area contributed by atoms with Crippen LogP contribution in [0.25, 0.3) is 0 Å². The number of carbonyl (C=O) groups excluding carboxylic acids is 1. The number of nitrogens with zero attached hydrogens (tertiary/aromatic N) is 3. The van der Waals surface area contributed by atoms with Gasteiger partial charge in [-0.1, -0.05) is 25.2 Å². The molecule has 7 nitrogen and oxygen atoms in total. The molecule has 20 heavy (non-hydrogen) atoms. The van der Waals surface area contributed by atoms with Crippen LogP contribution < -0.4 is 10.0 Å². The Kier molecular flexibility index (Phi) is 4.40. The lowest BCUT2D eigenvalue weighted by molar-refractivity contribution is -0.117. The predicted molar refractivity (Wildman–Crippen MR) is 76.9 cm³/mol. The Bertz CT molecular complexity index is 597. The lowest BCUT2D eigenvalue weighted by Crippen LogP contribution is -2.27. The maximum absolute atomic E-state index is 11.9. The minimum atomic E-state index is -3.56. The van der Waals surface area contributed by atoms with Gasteiger partial charge in [-0.3, -0.25) is 9.69 Å². The molecule has 0 bridgehead atoms. The van der Waals surface area contributed by atoms with Gasteiger partial charge in [-0.05, 0) is 5.92 Å². The summed E-state index contributed by atoms with van der Waals surface area (Å²) >= 11 is 1.38. The first-order chi connectivity index (χ1) is 9.24. The molecule has 1 fully saturated rings. The number of sulfonamides is 1. The monoisotopic (exact) mass is 318 g/mol. The molecule has 0 saturated carbocycles. The first-order valence-corrected chi connectivity index (χ1v) is 8.91. The van der Waals surface area contributed by atoms with Gasteiger partial charge in [-0.2, -0.15) is 0 Å². The molecule has 0 spiro atoms. The number of rotatable bonds is 5. The van der Waals surface area contributed by atoms with E-state index in [0.29, 0.717) is 17.6 Å². The second-order valence-electron chi connectivity index (χ2n) is 5.48. The molecule has 2 heterocycles. The minimum Gasteiger partial charge on any atom is -0.286 e. The van der Waals surface area contributed by atoms with Crippen LogP contribution in [0.4, 0.5) is 5.13 Å². The van der Waals surface area contributed by atoms with Crippen LogP contribution in [-0.2, 0) is 21.2 Å². The van der Waals surface area contributed by atoms with Gasteiger partial charge in [0, 0.05) is 25.3 Å². The van der Waals surface area contributed by atoms with Crippen LogP contribution in [0.3, 0.4) is 0 Å². The zero-order valence-corrected chi connectivity index (χ0v) is 13.1. The van der Waals surface area contributed by atoms with E-state index in [2.05, 4.69) is 24.0 Å². The third-order valence-electron chi connectivity index (χ3n) is 2.94. The normalized spacial score (nSPS) is 20.1. The van der Waals surface area contributed by atoms with E-state index in [4.69, 9.17) is 5.14 Å². The van der Waals surface area contributed by atoms with Crippen LogP contribution in [0.5, 0.6) is 0 Å². The number of hydrogen-bond donors (Lipinski definition) is 1. The smallest absolute Gasteiger partial charge is 0.229 e. The molecule has 1 aliphatic heterocycles. The van der Waals surface area contributed by atoms with Crippen molar-refractivity contribution in [2.75, 3.05) is 17.2 Å². The van der Waals surface area contributed by atoms with E-state index < -0.39 is 10.0 Å². The molecule has 1 unspecified atom stereocenters. The molecule has 1 amide bonds. The molecule has 0 aliphatic carbocycles. The van der Waals surface area contributed by atoms with Crippen molar-refractivity contribution in [2.45, 2.75) is 26.7 Å². The SMILES string of the molecule is CC(C)Cc1nnc(N2CC(CS(N)(=O)=O)CC2=O)s1. The molecule has 1 aromatic heterocycles. The molecule has 1 aromatic rings. The molecule has 2 rings (SSSR count).